The summed E-state index contributed by atoms with van der Waals surface area (Å²) >= 11 is 5.29. The monoisotopic (exact) mass is 318 g/mol. The summed E-state index contributed by atoms with van der Waals surface area (Å²) in [5.41, 5.74) is 5.93. The third-order valence-electron chi connectivity index (χ3n) is 3.30. The molecular weight excluding hydrogens is 300 g/mol. The smallest absolute Gasteiger partial charge is 0.0564 e. The van der Waals surface area contributed by atoms with Gasteiger partial charge in [-0.2, -0.15) is 0 Å². The van der Waals surface area contributed by atoms with E-state index in [4.69, 9.17) is 10.5 Å². The summed E-state index contributed by atoms with van der Waals surface area (Å²) in [6.45, 7) is 3.78. The summed E-state index contributed by atoms with van der Waals surface area (Å²) in [4.78, 5) is 3.85. The lowest BCUT2D eigenvalue weighted by Crippen LogP contribution is -2.31. The molecule has 1 saturated heterocycles. The summed E-state index contributed by atoms with van der Waals surface area (Å²) in [6, 6.07) is 2.56. The van der Waals surface area contributed by atoms with Gasteiger partial charge in [0.05, 0.1) is 12.6 Å². The van der Waals surface area contributed by atoms with Crippen LogP contribution >= 0.6 is 27.3 Å². The number of ether oxygens (including phenoxy) is 1. The fourth-order valence-electron chi connectivity index (χ4n) is 2.47. The molecule has 3 nitrogen and oxygen atoms in total. The number of thiophene rings is 1. The highest BCUT2D eigenvalue weighted by atomic mass is 79.9. The van der Waals surface area contributed by atoms with Crippen LogP contribution in [0.4, 0.5) is 0 Å². The molecule has 2 rings (SSSR count). The Morgan fingerprint density at radius 1 is 1.71 bits per heavy atom. The molecule has 0 radical (unpaired) electrons. The Kier molecular flexibility index (Phi) is 4.99. The Bertz CT molecular complexity index is 358. The van der Waals surface area contributed by atoms with Crippen LogP contribution in [0.15, 0.2) is 15.9 Å². The molecule has 1 fully saturated rings. The van der Waals surface area contributed by atoms with Crippen LogP contribution in [0.3, 0.4) is 0 Å². The molecule has 2 unspecified atom stereocenters. The SMILES string of the molecule is COCC1CCN(C(CN)c2cc(Br)cs2)C1. The zero-order valence-electron chi connectivity index (χ0n) is 10.1. The first kappa shape index (κ1) is 13.5. The maximum atomic E-state index is 5.93. The Balaban J connectivity index is 2.00. The minimum atomic E-state index is 0.369. The van der Waals surface area contributed by atoms with E-state index in [-0.39, 0.29) is 0 Å². The zero-order chi connectivity index (χ0) is 12.3. The highest BCUT2D eigenvalue weighted by Crippen LogP contribution is 2.32. The van der Waals surface area contributed by atoms with Crippen molar-refractivity contribution in [1.29, 1.82) is 0 Å². The number of halogens is 1. The number of methoxy groups -OCH3 is 1. The van der Waals surface area contributed by atoms with Crippen molar-refractivity contribution >= 4 is 27.3 Å². The van der Waals surface area contributed by atoms with E-state index in [1.807, 2.05) is 0 Å². The van der Waals surface area contributed by atoms with E-state index in [0.717, 1.165) is 24.2 Å². The van der Waals surface area contributed by atoms with Crippen LogP contribution < -0.4 is 5.73 Å². The van der Waals surface area contributed by atoms with Crippen molar-refractivity contribution in [3.63, 3.8) is 0 Å². The number of hydrogen-bond acceptors (Lipinski definition) is 4. The fourth-order valence-corrected chi connectivity index (χ4v) is 4.06. The van der Waals surface area contributed by atoms with Gasteiger partial charge >= 0.3 is 0 Å². The first-order valence-corrected chi connectivity index (χ1v) is 7.58. The third-order valence-corrected chi connectivity index (χ3v) is 5.09. The van der Waals surface area contributed by atoms with Gasteiger partial charge in [0.25, 0.3) is 0 Å². The van der Waals surface area contributed by atoms with Crippen molar-refractivity contribution in [2.75, 3.05) is 33.4 Å². The summed E-state index contributed by atoms with van der Waals surface area (Å²) in [5, 5.41) is 2.13. The van der Waals surface area contributed by atoms with E-state index < -0.39 is 0 Å². The van der Waals surface area contributed by atoms with Crippen LogP contribution in [0, 0.1) is 5.92 Å². The third kappa shape index (κ3) is 3.29. The van der Waals surface area contributed by atoms with E-state index in [9.17, 15) is 0 Å². The van der Waals surface area contributed by atoms with Crippen LogP contribution in [0.1, 0.15) is 17.3 Å². The lowest BCUT2D eigenvalue weighted by molar-refractivity contribution is 0.148. The average Bonchev–Trinajstić information content (AvgIpc) is 2.91. The van der Waals surface area contributed by atoms with Gasteiger partial charge in [-0.3, -0.25) is 4.90 Å². The molecule has 1 aliphatic heterocycles. The van der Waals surface area contributed by atoms with Crippen molar-refractivity contribution in [3.05, 3.63) is 20.8 Å². The second-order valence-electron chi connectivity index (χ2n) is 4.52. The van der Waals surface area contributed by atoms with E-state index in [0.29, 0.717) is 18.5 Å². The predicted molar refractivity (Wildman–Crippen MR) is 75.4 cm³/mol. The molecular formula is C12H19BrN2OS. The summed E-state index contributed by atoms with van der Waals surface area (Å²) in [5.74, 6) is 0.664. The Morgan fingerprint density at radius 3 is 3.12 bits per heavy atom. The summed E-state index contributed by atoms with van der Waals surface area (Å²) < 4.78 is 6.39. The molecule has 1 aromatic rings. The lowest BCUT2D eigenvalue weighted by atomic mass is 10.1. The lowest BCUT2D eigenvalue weighted by Gasteiger charge is -2.25. The molecule has 0 bridgehead atoms. The number of hydrogen-bond donors (Lipinski definition) is 1. The minimum absolute atomic E-state index is 0.369. The van der Waals surface area contributed by atoms with Gasteiger partial charge in [-0.1, -0.05) is 0 Å². The van der Waals surface area contributed by atoms with Gasteiger partial charge in [0, 0.05) is 34.9 Å². The van der Waals surface area contributed by atoms with Gasteiger partial charge in [0.15, 0.2) is 0 Å². The molecule has 5 heteroatoms. The number of nitrogens with two attached hydrogens (primary N) is 1. The average molecular weight is 319 g/mol. The van der Waals surface area contributed by atoms with Gasteiger partial charge in [0.1, 0.15) is 0 Å². The molecule has 1 aromatic heterocycles. The van der Waals surface area contributed by atoms with Gasteiger partial charge in [-0.05, 0) is 40.9 Å². The first-order chi connectivity index (χ1) is 8.24. The largest absolute Gasteiger partial charge is 0.384 e. The van der Waals surface area contributed by atoms with Crippen LogP contribution in [-0.2, 0) is 4.74 Å². The maximum absolute atomic E-state index is 5.93. The highest BCUT2D eigenvalue weighted by molar-refractivity contribution is 9.10. The van der Waals surface area contributed by atoms with Gasteiger partial charge < -0.3 is 10.5 Å². The minimum Gasteiger partial charge on any atom is -0.384 e. The van der Waals surface area contributed by atoms with E-state index in [1.54, 1.807) is 18.4 Å². The Morgan fingerprint density at radius 2 is 2.53 bits per heavy atom. The van der Waals surface area contributed by atoms with E-state index >= 15 is 0 Å². The normalized spacial score (nSPS) is 23.1. The fraction of sp³-hybridized carbons (Fsp3) is 0.667. The van der Waals surface area contributed by atoms with Crippen LogP contribution in [0.2, 0.25) is 0 Å². The number of nitrogens with zero attached hydrogens (tertiary/aromatic N) is 1. The van der Waals surface area contributed by atoms with Crippen LogP contribution in [0.25, 0.3) is 0 Å². The molecule has 0 aliphatic carbocycles. The van der Waals surface area contributed by atoms with Crippen molar-refractivity contribution in [2.45, 2.75) is 12.5 Å². The molecule has 2 heterocycles. The van der Waals surface area contributed by atoms with E-state index in [2.05, 4.69) is 32.3 Å². The van der Waals surface area contributed by atoms with Crippen LogP contribution in [0.5, 0.6) is 0 Å². The number of likely N-dealkylation sites (tertiary alicyclic amines) is 1. The molecule has 0 amide bonds. The topological polar surface area (TPSA) is 38.5 Å². The van der Waals surface area contributed by atoms with Crippen molar-refractivity contribution in [3.8, 4) is 0 Å². The molecule has 1 aliphatic rings. The molecule has 96 valence electrons. The van der Waals surface area contributed by atoms with Gasteiger partial charge in [-0.15, -0.1) is 11.3 Å². The second-order valence-corrected chi connectivity index (χ2v) is 6.38. The van der Waals surface area contributed by atoms with Gasteiger partial charge in [-0.25, -0.2) is 0 Å². The van der Waals surface area contributed by atoms with Gasteiger partial charge in [0.2, 0.25) is 0 Å². The van der Waals surface area contributed by atoms with Crippen molar-refractivity contribution < 1.29 is 4.74 Å². The molecule has 0 aromatic carbocycles. The molecule has 0 spiro atoms. The second kappa shape index (κ2) is 6.29. The number of rotatable bonds is 5. The molecule has 0 saturated carbocycles. The Hall–Kier alpha value is 0.0600. The molecule has 2 atom stereocenters. The summed E-state index contributed by atoms with van der Waals surface area (Å²) in [7, 11) is 1.78. The van der Waals surface area contributed by atoms with Crippen molar-refractivity contribution in [2.24, 2.45) is 11.7 Å². The zero-order valence-corrected chi connectivity index (χ0v) is 12.5. The standard InChI is InChI=1S/C12H19BrN2OS/c1-16-7-9-2-3-15(6-9)11(5-14)12-4-10(13)8-17-12/h4,8-9,11H,2-3,5-7,14H2,1H3. The quantitative estimate of drug-likeness (QED) is 0.906. The maximum Gasteiger partial charge on any atom is 0.0564 e. The molecule has 2 N–H and O–H groups in total. The summed E-state index contributed by atoms with van der Waals surface area (Å²) in [6.07, 6.45) is 1.22. The van der Waals surface area contributed by atoms with Crippen molar-refractivity contribution in [1.82, 2.24) is 4.90 Å². The highest BCUT2D eigenvalue weighted by Gasteiger charge is 2.28. The molecule has 17 heavy (non-hydrogen) atoms. The first-order valence-electron chi connectivity index (χ1n) is 5.91. The van der Waals surface area contributed by atoms with E-state index in [1.165, 1.54) is 11.3 Å². The Labute approximate surface area is 115 Å². The van der Waals surface area contributed by atoms with Crippen LogP contribution in [-0.4, -0.2) is 38.3 Å². The predicted octanol–water partition coefficient (Wildman–Crippen LogP) is 2.48.